The summed E-state index contributed by atoms with van der Waals surface area (Å²) in [5, 5.41) is 11.6. The zero-order valence-corrected chi connectivity index (χ0v) is 17.8. The first-order chi connectivity index (χ1) is 15.7. The van der Waals surface area contributed by atoms with E-state index in [0.29, 0.717) is 0 Å². The second kappa shape index (κ2) is 9.17. The summed E-state index contributed by atoms with van der Waals surface area (Å²) in [6.07, 6.45) is -2.42. The van der Waals surface area contributed by atoms with Gasteiger partial charge in [0, 0.05) is 31.8 Å². The molecule has 7 nitrogen and oxygen atoms in total. The Bertz CT molecular complexity index is 1020. The summed E-state index contributed by atoms with van der Waals surface area (Å²) < 4.78 is 31.9. The van der Waals surface area contributed by atoms with Gasteiger partial charge in [0.25, 0.3) is 5.92 Å². The average Bonchev–Trinajstić information content (AvgIpc) is 3.11. The molecule has 1 unspecified atom stereocenters. The molecule has 4 rings (SSSR count). The molecule has 1 heterocycles. The number of carboxylic acid groups (broad SMARTS) is 1. The molecule has 2 aliphatic rings. The van der Waals surface area contributed by atoms with Crippen molar-refractivity contribution in [3.05, 3.63) is 59.7 Å². The highest BCUT2D eigenvalue weighted by Crippen LogP contribution is 2.44. The van der Waals surface area contributed by atoms with E-state index < -0.39 is 49.2 Å². The van der Waals surface area contributed by atoms with Crippen LogP contribution in [0, 0.1) is 0 Å². The van der Waals surface area contributed by atoms with Gasteiger partial charge in [0.05, 0.1) is 6.42 Å². The van der Waals surface area contributed by atoms with Gasteiger partial charge in [0.1, 0.15) is 12.6 Å². The van der Waals surface area contributed by atoms with Crippen molar-refractivity contribution in [1.82, 2.24) is 10.2 Å². The summed E-state index contributed by atoms with van der Waals surface area (Å²) >= 11 is 0. The number of carbonyl (C=O) groups excluding carboxylic acids is 2. The van der Waals surface area contributed by atoms with Gasteiger partial charge in [-0.25, -0.2) is 18.4 Å². The Labute approximate surface area is 189 Å². The number of nitrogens with one attached hydrogen (secondary N) is 1. The maximum absolute atomic E-state index is 13.3. The highest BCUT2D eigenvalue weighted by Gasteiger charge is 2.37. The number of alkyl carbamates (subject to hydrolysis) is 1. The van der Waals surface area contributed by atoms with Gasteiger partial charge >= 0.3 is 12.1 Å². The number of alkyl halides is 2. The predicted octanol–water partition coefficient (Wildman–Crippen LogP) is 3.63. The fourth-order valence-corrected chi connectivity index (χ4v) is 4.37. The molecule has 0 saturated carbocycles. The molecule has 0 spiro atoms. The molecule has 1 aliphatic carbocycles. The standard InChI is InChI=1S/C24H24F2N2O5/c25-24(26)9-11-28(12-10-24)21(29)13-20(22(30)31)27-23(32)33-14-19-17-7-3-1-5-15(17)16-6-2-4-8-18(16)19/h1-8,19-20H,9-14H2,(H,27,32)(H,30,31). The Kier molecular flexibility index (Phi) is 6.31. The van der Waals surface area contributed by atoms with Crippen LogP contribution in [-0.4, -0.2) is 59.6 Å². The van der Waals surface area contributed by atoms with Crippen LogP contribution in [0.5, 0.6) is 0 Å². The van der Waals surface area contributed by atoms with E-state index in [1.54, 1.807) is 0 Å². The second-order valence-electron chi connectivity index (χ2n) is 8.30. The van der Waals surface area contributed by atoms with E-state index in [4.69, 9.17) is 4.74 Å². The summed E-state index contributed by atoms with van der Waals surface area (Å²) in [7, 11) is 0. The van der Waals surface area contributed by atoms with Crippen molar-refractivity contribution < 1.29 is 33.0 Å². The number of piperidine rings is 1. The summed E-state index contributed by atoms with van der Waals surface area (Å²) in [4.78, 5) is 37.5. The molecule has 0 radical (unpaired) electrons. The third-order valence-electron chi connectivity index (χ3n) is 6.16. The number of hydrogen-bond acceptors (Lipinski definition) is 4. The highest BCUT2D eigenvalue weighted by atomic mass is 19.3. The molecule has 1 aliphatic heterocycles. The quantitative estimate of drug-likeness (QED) is 0.689. The minimum Gasteiger partial charge on any atom is -0.480 e. The first-order valence-electron chi connectivity index (χ1n) is 10.7. The van der Waals surface area contributed by atoms with Crippen LogP contribution in [0.1, 0.15) is 36.3 Å². The van der Waals surface area contributed by atoms with Gasteiger partial charge < -0.3 is 20.1 Å². The lowest BCUT2D eigenvalue weighted by molar-refractivity contribution is -0.145. The van der Waals surface area contributed by atoms with E-state index in [1.165, 1.54) is 4.90 Å². The molecule has 1 atom stereocenters. The first-order valence-corrected chi connectivity index (χ1v) is 10.7. The van der Waals surface area contributed by atoms with Crippen LogP contribution in [0.15, 0.2) is 48.5 Å². The molecule has 2 N–H and O–H groups in total. The number of fused-ring (bicyclic) bond motifs is 3. The Morgan fingerprint density at radius 1 is 1.03 bits per heavy atom. The Morgan fingerprint density at radius 2 is 1.58 bits per heavy atom. The number of rotatable bonds is 6. The predicted molar refractivity (Wildman–Crippen MR) is 115 cm³/mol. The van der Waals surface area contributed by atoms with Crippen LogP contribution in [0.3, 0.4) is 0 Å². The zero-order valence-electron chi connectivity index (χ0n) is 17.8. The Morgan fingerprint density at radius 3 is 2.12 bits per heavy atom. The average molecular weight is 458 g/mol. The molecular weight excluding hydrogens is 434 g/mol. The van der Waals surface area contributed by atoms with Crippen molar-refractivity contribution in [1.29, 1.82) is 0 Å². The monoisotopic (exact) mass is 458 g/mol. The normalized spacial score (nSPS) is 17.6. The van der Waals surface area contributed by atoms with Crippen LogP contribution >= 0.6 is 0 Å². The first kappa shape index (κ1) is 22.7. The lowest BCUT2D eigenvalue weighted by Gasteiger charge is -2.32. The van der Waals surface area contributed by atoms with Crippen molar-refractivity contribution in [2.75, 3.05) is 19.7 Å². The van der Waals surface area contributed by atoms with Gasteiger partial charge in [-0.3, -0.25) is 4.79 Å². The van der Waals surface area contributed by atoms with Crippen molar-refractivity contribution >= 4 is 18.0 Å². The fraction of sp³-hybridized carbons (Fsp3) is 0.375. The topological polar surface area (TPSA) is 95.9 Å². The van der Waals surface area contributed by atoms with Gasteiger partial charge in [-0.05, 0) is 22.3 Å². The molecule has 1 fully saturated rings. The van der Waals surface area contributed by atoms with Gasteiger partial charge in [0.2, 0.25) is 5.91 Å². The van der Waals surface area contributed by atoms with Crippen molar-refractivity contribution in [2.45, 2.75) is 37.1 Å². The maximum atomic E-state index is 13.3. The molecule has 2 amide bonds. The van der Waals surface area contributed by atoms with E-state index in [9.17, 15) is 28.3 Å². The van der Waals surface area contributed by atoms with Crippen molar-refractivity contribution in [2.24, 2.45) is 0 Å². The van der Waals surface area contributed by atoms with Gasteiger partial charge in [-0.1, -0.05) is 48.5 Å². The largest absolute Gasteiger partial charge is 0.480 e. The number of likely N-dealkylation sites (tertiary alicyclic amines) is 1. The van der Waals surface area contributed by atoms with Gasteiger partial charge in [-0.15, -0.1) is 0 Å². The molecule has 0 aromatic heterocycles. The number of amides is 2. The molecule has 0 bridgehead atoms. The lowest BCUT2D eigenvalue weighted by atomic mass is 9.98. The van der Waals surface area contributed by atoms with Gasteiger partial charge in [0.15, 0.2) is 0 Å². The number of nitrogens with zero attached hydrogens (tertiary/aromatic N) is 1. The van der Waals surface area contributed by atoms with E-state index in [-0.39, 0.29) is 25.6 Å². The van der Waals surface area contributed by atoms with Gasteiger partial charge in [-0.2, -0.15) is 0 Å². The lowest BCUT2D eigenvalue weighted by Crippen LogP contribution is -2.48. The molecular formula is C24H24F2N2O5. The SMILES string of the molecule is O=C(NC(CC(=O)N1CCC(F)(F)CC1)C(=O)O)OCC1c2ccccc2-c2ccccc21. The van der Waals surface area contributed by atoms with Crippen molar-refractivity contribution in [3.63, 3.8) is 0 Å². The highest BCUT2D eigenvalue weighted by molar-refractivity contribution is 5.87. The summed E-state index contributed by atoms with van der Waals surface area (Å²) in [5.74, 6) is -5.01. The van der Waals surface area contributed by atoms with Crippen molar-refractivity contribution in [3.8, 4) is 11.1 Å². The maximum Gasteiger partial charge on any atom is 0.407 e. The molecule has 9 heteroatoms. The smallest absolute Gasteiger partial charge is 0.407 e. The van der Waals surface area contributed by atoms with E-state index in [0.717, 1.165) is 22.3 Å². The number of halogens is 2. The fourth-order valence-electron chi connectivity index (χ4n) is 4.37. The minimum atomic E-state index is -2.82. The number of hydrogen-bond donors (Lipinski definition) is 2. The van der Waals surface area contributed by atoms with Crippen LogP contribution in [0.25, 0.3) is 11.1 Å². The molecule has 2 aromatic carbocycles. The molecule has 33 heavy (non-hydrogen) atoms. The minimum absolute atomic E-state index is 0.00134. The second-order valence-corrected chi connectivity index (χ2v) is 8.30. The number of ether oxygens (including phenoxy) is 1. The number of aliphatic carboxylic acids is 1. The van der Waals surface area contributed by atoms with Crippen LogP contribution < -0.4 is 5.32 Å². The summed E-state index contributed by atoms with van der Waals surface area (Å²) in [6, 6.07) is 14.1. The Hall–Kier alpha value is -3.49. The Balaban J connectivity index is 1.35. The van der Waals surface area contributed by atoms with Crippen LogP contribution in [0.4, 0.5) is 13.6 Å². The van der Waals surface area contributed by atoms with E-state index >= 15 is 0 Å². The van der Waals surface area contributed by atoms with E-state index in [1.807, 2.05) is 48.5 Å². The van der Waals surface area contributed by atoms with Crippen LogP contribution in [0.2, 0.25) is 0 Å². The van der Waals surface area contributed by atoms with Crippen LogP contribution in [-0.2, 0) is 14.3 Å². The molecule has 174 valence electrons. The number of benzene rings is 2. The number of carboxylic acids is 1. The van der Waals surface area contributed by atoms with E-state index in [2.05, 4.69) is 5.32 Å². The third kappa shape index (κ3) is 4.97. The molecule has 2 aromatic rings. The third-order valence-corrected chi connectivity index (χ3v) is 6.16. The number of carbonyl (C=O) groups is 3. The zero-order chi connectivity index (χ0) is 23.6. The summed E-state index contributed by atoms with van der Waals surface area (Å²) in [5.41, 5.74) is 4.14. The summed E-state index contributed by atoms with van der Waals surface area (Å²) in [6.45, 7) is -0.298. The molecule has 1 saturated heterocycles.